The number of anilines is 2. The minimum absolute atomic E-state index is 0.130. The van der Waals surface area contributed by atoms with E-state index in [1.165, 1.54) is 6.20 Å². The molecular weight excluding hydrogens is 236 g/mol. The molecule has 94 valence electrons. The summed E-state index contributed by atoms with van der Waals surface area (Å²) in [6.45, 7) is 2.88. The van der Waals surface area contributed by atoms with E-state index in [4.69, 9.17) is 1.37 Å². The number of pyridine rings is 1. The minimum Gasteiger partial charge on any atom is -0.327 e. The SMILES string of the molecule is [2H]c1cnc2ccc(N(CC)c3ccccc3)nc2n1. The Balaban J connectivity index is 2.08. The number of hydrogen-bond acceptors (Lipinski definition) is 4. The molecule has 0 fully saturated rings. The maximum absolute atomic E-state index is 7.54. The van der Waals surface area contributed by atoms with E-state index in [1.54, 1.807) is 0 Å². The van der Waals surface area contributed by atoms with Gasteiger partial charge in [-0.1, -0.05) is 18.2 Å². The molecule has 19 heavy (non-hydrogen) atoms. The number of benzene rings is 1. The van der Waals surface area contributed by atoms with Gasteiger partial charge < -0.3 is 4.90 Å². The third kappa shape index (κ3) is 2.25. The third-order valence-electron chi connectivity index (χ3n) is 2.93. The molecule has 0 radical (unpaired) electrons. The van der Waals surface area contributed by atoms with E-state index < -0.39 is 0 Å². The second-order valence-corrected chi connectivity index (χ2v) is 4.09. The molecule has 4 nitrogen and oxygen atoms in total. The third-order valence-corrected chi connectivity index (χ3v) is 2.93. The lowest BCUT2D eigenvalue weighted by atomic mass is 10.2. The summed E-state index contributed by atoms with van der Waals surface area (Å²) < 4.78 is 7.54. The van der Waals surface area contributed by atoms with Gasteiger partial charge in [0.05, 0.1) is 1.37 Å². The van der Waals surface area contributed by atoms with E-state index in [0.29, 0.717) is 11.2 Å². The zero-order valence-electron chi connectivity index (χ0n) is 11.6. The second kappa shape index (κ2) is 5.02. The van der Waals surface area contributed by atoms with Crippen LogP contribution >= 0.6 is 0 Å². The molecule has 0 aliphatic heterocycles. The summed E-state index contributed by atoms with van der Waals surface area (Å²) in [5.74, 6) is 0.811. The summed E-state index contributed by atoms with van der Waals surface area (Å²) in [5, 5.41) is 0. The van der Waals surface area contributed by atoms with Gasteiger partial charge in [0.15, 0.2) is 5.65 Å². The molecule has 0 unspecified atom stereocenters. The van der Waals surface area contributed by atoms with Crippen LogP contribution in [0.2, 0.25) is 0 Å². The predicted molar refractivity (Wildman–Crippen MR) is 76.5 cm³/mol. The number of para-hydroxylation sites is 1. The van der Waals surface area contributed by atoms with Gasteiger partial charge in [0.25, 0.3) is 0 Å². The van der Waals surface area contributed by atoms with Crippen molar-refractivity contribution in [2.45, 2.75) is 6.92 Å². The molecule has 3 aromatic rings. The van der Waals surface area contributed by atoms with Crippen molar-refractivity contribution in [3.63, 3.8) is 0 Å². The normalized spacial score (nSPS) is 11.3. The monoisotopic (exact) mass is 251 g/mol. The molecule has 0 atom stereocenters. The lowest BCUT2D eigenvalue weighted by Crippen LogP contribution is -2.17. The van der Waals surface area contributed by atoms with Crippen LogP contribution in [0, 0.1) is 0 Å². The van der Waals surface area contributed by atoms with Crippen molar-refractivity contribution in [2.75, 3.05) is 11.4 Å². The van der Waals surface area contributed by atoms with Crippen LogP contribution in [0.15, 0.2) is 54.8 Å². The average Bonchev–Trinajstić information content (AvgIpc) is 2.49. The Labute approximate surface area is 113 Å². The lowest BCUT2D eigenvalue weighted by molar-refractivity contribution is 0.992. The Morgan fingerprint density at radius 1 is 1.11 bits per heavy atom. The van der Waals surface area contributed by atoms with Crippen molar-refractivity contribution >= 4 is 22.7 Å². The van der Waals surface area contributed by atoms with Crippen molar-refractivity contribution in [3.05, 3.63) is 54.8 Å². The van der Waals surface area contributed by atoms with Crippen molar-refractivity contribution in [2.24, 2.45) is 0 Å². The van der Waals surface area contributed by atoms with Gasteiger partial charge in [-0.3, -0.25) is 4.98 Å². The quantitative estimate of drug-likeness (QED) is 0.717. The van der Waals surface area contributed by atoms with Gasteiger partial charge >= 0.3 is 0 Å². The average molecular weight is 251 g/mol. The molecule has 0 N–H and O–H groups in total. The number of fused-ring (bicyclic) bond motifs is 1. The van der Waals surface area contributed by atoms with Crippen molar-refractivity contribution < 1.29 is 1.37 Å². The molecule has 2 aromatic heterocycles. The van der Waals surface area contributed by atoms with Crippen LogP contribution < -0.4 is 4.90 Å². The lowest BCUT2D eigenvalue weighted by Gasteiger charge is -2.22. The second-order valence-electron chi connectivity index (χ2n) is 4.09. The van der Waals surface area contributed by atoms with Crippen LogP contribution in [0.5, 0.6) is 0 Å². The summed E-state index contributed by atoms with van der Waals surface area (Å²) in [6.07, 6.45) is 1.56. The first-order valence-electron chi connectivity index (χ1n) is 6.71. The Kier molecular flexibility index (Phi) is 2.76. The van der Waals surface area contributed by atoms with Gasteiger partial charge in [-0.15, -0.1) is 0 Å². The Bertz CT molecular complexity index is 730. The van der Waals surface area contributed by atoms with Crippen LogP contribution in [-0.4, -0.2) is 21.5 Å². The summed E-state index contributed by atoms with van der Waals surface area (Å²) in [6, 6.07) is 13.9. The molecule has 4 heteroatoms. The molecule has 0 saturated carbocycles. The van der Waals surface area contributed by atoms with E-state index in [1.807, 2.05) is 42.5 Å². The van der Waals surface area contributed by atoms with Gasteiger partial charge in [-0.2, -0.15) is 0 Å². The largest absolute Gasteiger partial charge is 0.327 e. The fraction of sp³-hybridized carbons (Fsp3) is 0.133. The van der Waals surface area contributed by atoms with Crippen LogP contribution in [0.4, 0.5) is 11.5 Å². The maximum Gasteiger partial charge on any atom is 0.180 e. The van der Waals surface area contributed by atoms with Gasteiger partial charge in [0.1, 0.15) is 11.3 Å². The predicted octanol–water partition coefficient (Wildman–Crippen LogP) is 3.18. The Morgan fingerprint density at radius 3 is 2.74 bits per heavy atom. The van der Waals surface area contributed by atoms with E-state index >= 15 is 0 Å². The minimum atomic E-state index is 0.130. The molecule has 1 aromatic carbocycles. The van der Waals surface area contributed by atoms with Gasteiger partial charge in [0.2, 0.25) is 0 Å². The molecule has 3 rings (SSSR count). The smallest absolute Gasteiger partial charge is 0.180 e. The molecule has 2 heterocycles. The molecule has 0 saturated heterocycles. The number of aromatic nitrogens is 3. The van der Waals surface area contributed by atoms with E-state index in [2.05, 4.69) is 26.8 Å². The van der Waals surface area contributed by atoms with E-state index in [-0.39, 0.29) is 6.17 Å². The van der Waals surface area contributed by atoms with Crippen molar-refractivity contribution in [1.29, 1.82) is 0 Å². The molecule has 0 bridgehead atoms. The molecular formula is C15H14N4. The first-order chi connectivity index (χ1) is 9.78. The number of hydrogen-bond donors (Lipinski definition) is 0. The molecule has 0 aliphatic carbocycles. The highest BCUT2D eigenvalue weighted by atomic mass is 15.2. The van der Waals surface area contributed by atoms with Gasteiger partial charge in [-0.05, 0) is 31.2 Å². The zero-order chi connectivity index (χ0) is 13.9. The van der Waals surface area contributed by atoms with Crippen LogP contribution in [0.1, 0.15) is 8.29 Å². The molecule has 0 amide bonds. The fourth-order valence-corrected chi connectivity index (χ4v) is 2.04. The zero-order valence-corrected chi connectivity index (χ0v) is 10.6. The number of rotatable bonds is 3. The first kappa shape index (κ1) is 10.4. The first-order valence-corrected chi connectivity index (χ1v) is 6.21. The summed E-state index contributed by atoms with van der Waals surface area (Å²) in [7, 11) is 0. The Morgan fingerprint density at radius 2 is 1.95 bits per heavy atom. The maximum atomic E-state index is 7.54. The fourth-order valence-electron chi connectivity index (χ4n) is 2.04. The van der Waals surface area contributed by atoms with Crippen LogP contribution in [0.3, 0.4) is 0 Å². The topological polar surface area (TPSA) is 41.9 Å². The molecule has 0 aliphatic rings. The highest BCUT2D eigenvalue weighted by Gasteiger charge is 2.09. The van der Waals surface area contributed by atoms with E-state index in [0.717, 1.165) is 18.1 Å². The standard InChI is InChI=1S/C15H14N4/c1-2-19(12-6-4-3-5-7-12)14-9-8-13-15(18-14)17-11-10-16-13/h3-11H,2H2,1H3/i11D. The van der Waals surface area contributed by atoms with Gasteiger partial charge in [-0.25, -0.2) is 9.97 Å². The highest BCUT2D eigenvalue weighted by molar-refractivity contribution is 5.73. The highest BCUT2D eigenvalue weighted by Crippen LogP contribution is 2.23. The summed E-state index contributed by atoms with van der Waals surface area (Å²) >= 11 is 0. The number of nitrogens with zero attached hydrogens (tertiary/aromatic N) is 4. The van der Waals surface area contributed by atoms with Crippen LogP contribution in [-0.2, 0) is 0 Å². The summed E-state index contributed by atoms with van der Waals surface area (Å²) in [4.78, 5) is 14.9. The van der Waals surface area contributed by atoms with E-state index in [9.17, 15) is 0 Å². The van der Waals surface area contributed by atoms with Crippen molar-refractivity contribution in [3.8, 4) is 0 Å². The van der Waals surface area contributed by atoms with Crippen molar-refractivity contribution in [1.82, 2.24) is 15.0 Å². The van der Waals surface area contributed by atoms with Crippen LogP contribution in [0.25, 0.3) is 11.2 Å². The summed E-state index contributed by atoms with van der Waals surface area (Å²) in [5.41, 5.74) is 2.29. The Hall–Kier alpha value is -2.49. The molecule has 0 spiro atoms. The van der Waals surface area contributed by atoms with Gasteiger partial charge in [0, 0.05) is 24.6 Å².